The minimum absolute atomic E-state index is 0.0127. The van der Waals surface area contributed by atoms with Crippen LogP contribution in [0.15, 0.2) is 60.8 Å². The third kappa shape index (κ3) is 17.0. The van der Waals surface area contributed by atoms with E-state index in [1.165, 1.54) is 4.90 Å². The van der Waals surface area contributed by atoms with Gasteiger partial charge in [0.05, 0.1) is 18.7 Å². The van der Waals surface area contributed by atoms with E-state index < -0.39 is 85.2 Å². The Kier molecular flexibility index (Phi) is 18.8. The number of rotatable bonds is 22. The fourth-order valence-electron chi connectivity index (χ4n) is 6.95. The third-order valence-corrected chi connectivity index (χ3v) is 11.6. The average Bonchev–Trinajstić information content (AvgIpc) is 3.57. The predicted octanol–water partition coefficient (Wildman–Crippen LogP) is 6.07. The van der Waals surface area contributed by atoms with Crippen LogP contribution >= 0.6 is 0 Å². The molecule has 6 N–H and O–H groups in total. The van der Waals surface area contributed by atoms with E-state index in [0.717, 1.165) is 23.8 Å². The first-order chi connectivity index (χ1) is 28.9. The summed E-state index contributed by atoms with van der Waals surface area (Å²) in [4.78, 5) is 66.5. The molecule has 3 rings (SSSR count). The lowest BCUT2D eigenvalue weighted by Crippen LogP contribution is -2.53. The lowest BCUT2D eigenvalue weighted by Gasteiger charge is -2.41. The van der Waals surface area contributed by atoms with Crippen molar-refractivity contribution in [1.29, 1.82) is 0 Å². The van der Waals surface area contributed by atoms with E-state index in [0.29, 0.717) is 23.8 Å². The van der Waals surface area contributed by atoms with Crippen molar-refractivity contribution >= 4 is 37.9 Å². The zero-order chi connectivity index (χ0) is 46.4. The molecule has 1 heterocycles. The summed E-state index contributed by atoms with van der Waals surface area (Å²) < 4.78 is 37.0. The number of carbonyl (C=O) groups excluding carboxylic acids is 4. The number of benzene rings is 2. The van der Waals surface area contributed by atoms with E-state index in [2.05, 4.69) is 40.9 Å². The Balaban J connectivity index is 1.96. The van der Waals surface area contributed by atoms with E-state index in [-0.39, 0.29) is 51.1 Å². The van der Waals surface area contributed by atoms with Gasteiger partial charge in [-0.2, -0.15) is 0 Å². The molecule has 2 aromatic carbocycles. The van der Waals surface area contributed by atoms with Crippen LogP contribution in [0.2, 0.25) is 25.7 Å². The second-order valence-corrected chi connectivity index (χ2v) is 24.4. The molecule has 0 aliphatic carbocycles. The molecule has 62 heavy (non-hydrogen) atoms. The summed E-state index contributed by atoms with van der Waals surface area (Å²) in [5.74, 6) is -4.04. The van der Waals surface area contributed by atoms with Gasteiger partial charge >= 0.3 is 12.1 Å². The number of alkyl carbamates (subject to hydrolysis) is 1. The fraction of sp³-hybridized carbons (Fsp3) is 0.533. The van der Waals surface area contributed by atoms with Crippen molar-refractivity contribution in [2.75, 3.05) is 32.8 Å². The first kappa shape index (κ1) is 51.2. The van der Waals surface area contributed by atoms with Gasteiger partial charge in [0.2, 0.25) is 17.7 Å². The molecule has 342 valence electrons. The molecule has 0 unspecified atom stereocenters. The van der Waals surface area contributed by atoms with Gasteiger partial charge in [-0.25, -0.2) is 13.6 Å². The molecule has 3 atom stereocenters. The van der Waals surface area contributed by atoms with E-state index in [1.807, 2.05) is 76.4 Å². The molecule has 0 saturated heterocycles. The Bertz CT molecular complexity index is 1980. The summed E-state index contributed by atoms with van der Waals surface area (Å²) >= 11 is 0. The lowest BCUT2D eigenvalue weighted by molar-refractivity contribution is -0.140. The number of halogens is 2. The number of amides is 4. The number of nitrogens with one attached hydrogen (secondary N) is 4. The number of hydrogen-bond acceptors (Lipinski definition) is 8. The highest BCUT2D eigenvalue weighted by Gasteiger charge is 2.38. The summed E-state index contributed by atoms with van der Waals surface area (Å²) in [5, 5.41) is 30.7. The van der Waals surface area contributed by atoms with Crippen molar-refractivity contribution in [2.45, 2.75) is 117 Å². The van der Waals surface area contributed by atoms with Gasteiger partial charge in [-0.15, -0.1) is 0 Å². The van der Waals surface area contributed by atoms with Gasteiger partial charge in [0, 0.05) is 69.2 Å². The van der Waals surface area contributed by atoms with Gasteiger partial charge in [-0.05, 0) is 74.9 Å². The molecular weight excluding hydrogens is 819 g/mol. The number of carboxylic acids is 1. The van der Waals surface area contributed by atoms with E-state index in [4.69, 9.17) is 4.74 Å². The molecule has 17 heteroatoms. The SMILES string of the molecule is CC(C)(C)N[C@H](CCC(=O)O)C(=O)NCCNC(=O)[C@H](CCN(C(=O)CO)[C@@H](c1cc(-c2cc(F)ccc2F)cn1Cc1ccccc1)C(C)(C)C)NC(=O)OCC[Si](C)(C)C. The second kappa shape index (κ2) is 22.8. The number of nitrogens with zero attached hydrogens (tertiary/aromatic N) is 2. The monoisotopic (exact) mass is 884 g/mol. The number of hydrogen-bond donors (Lipinski definition) is 6. The number of aromatic nitrogens is 1. The minimum Gasteiger partial charge on any atom is -0.481 e. The van der Waals surface area contributed by atoms with Crippen molar-refractivity contribution in [3.8, 4) is 11.1 Å². The van der Waals surface area contributed by atoms with E-state index >= 15 is 4.39 Å². The number of carbonyl (C=O) groups is 5. The first-order valence-electron chi connectivity index (χ1n) is 21.0. The number of aliphatic carboxylic acids is 1. The third-order valence-electron chi connectivity index (χ3n) is 9.88. The molecule has 14 nitrogen and oxygen atoms in total. The predicted molar refractivity (Wildman–Crippen MR) is 237 cm³/mol. The van der Waals surface area contributed by atoms with Gasteiger partial charge < -0.3 is 45.7 Å². The van der Waals surface area contributed by atoms with Gasteiger partial charge in [-0.1, -0.05) is 70.7 Å². The highest BCUT2D eigenvalue weighted by Crippen LogP contribution is 2.41. The van der Waals surface area contributed by atoms with E-state index in [9.17, 15) is 38.6 Å². The van der Waals surface area contributed by atoms with Crippen LogP contribution in [0.25, 0.3) is 11.1 Å². The van der Waals surface area contributed by atoms with Crippen LogP contribution in [0.1, 0.15) is 78.1 Å². The maximum atomic E-state index is 15.2. The molecule has 1 aromatic heterocycles. The Morgan fingerprint density at radius 3 is 2.06 bits per heavy atom. The van der Waals surface area contributed by atoms with Gasteiger partial charge in [-0.3, -0.25) is 19.2 Å². The second-order valence-electron chi connectivity index (χ2n) is 18.8. The Labute approximate surface area is 365 Å². The van der Waals surface area contributed by atoms with Crippen LogP contribution in [0, 0.1) is 17.0 Å². The number of aliphatic hydroxyl groups is 1. The lowest BCUT2D eigenvalue weighted by atomic mass is 9.82. The van der Waals surface area contributed by atoms with Crippen LogP contribution < -0.4 is 21.3 Å². The Morgan fingerprint density at radius 1 is 0.871 bits per heavy atom. The zero-order valence-electron chi connectivity index (χ0n) is 37.6. The van der Waals surface area contributed by atoms with Crippen LogP contribution in [0.5, 0.6) is 0 Å². The summed E-state index contributed by atoms with van der Waals surface area (Å²) in [6.07, 6.45) is 0.557. The molecule has 0 fully saturated rings. The first-order valence-corrected chi connectivity index (χ1v) is 24.7. The topological polar surface area (TPSA) is 191 Å². The van der Waals surface area contributed by atoms with Gasteiger partial charge in [0.1, 0.15) is 24.3 Å². The highest BCUT2D eigenvalue weighted by molar-refractivity contribution is 6.76. The molecular formula is C45H66F2N6O8Si. The van der Waals surface area contributed by atoms with Crippen LogP contribution in [-0.4, -0.2) is 108 Å². The number of ether oxygens (including phenoxy) is 1. The van der Waals surface area contributed by atoms with E-state index in [1.54, 1.807) is 12.3 Å². The number of carboxylic acid groups (broad SMARTS) is 1. The smallest absolute Gasteiger partial charge is 0.407 e. The molecule has 4 amide bonds. The Hall–Kier alpha value is -5.13. The summed E-state index contributed by atoms with van der Waals surface area (Å²) in [6.45, 7) is 17.0. The largest absolute Gasteiger partial charge is 0.481 e. The minimum atomic E-state index is -1.58. The molecule has 0 spiro atoms. The van der Waals surface area contributed by atoms with Crippen LogP contribution in [0.4, 0.5) is 13.6 Å². The standard InChI is InChI=1S/C45H66F2N6O8Si/c1-44(2,3)40(37-25-31(33-26-32(46)15-16-34(33)47)28-52(37)27-30-13-11-10-12-14-30)53(38(55)29-54)22-19-35(50-43(60)61-23-24-62(7,8)9)41(58)48-20-21-49-42(59)36(17-18-39(56)57)51-45(4,5)6/h10-16,25-26,28,35-36,40,51,54H,17-24,27,29H2,1-9H3,(H,48,58)(H,49,59)(H,50,60)(H,56,57)/t35-,36+,40-/m0/s1. The maximum absolute atomic E-state index is 15.2. The van der Waals surface area contributed by atoms with Crippen molar-refractivity contribution in [1.82, 2.24) is 30.7 Å². The highest BCUT2D eigenvalue weighted by atomic mass is 28.3. The molecule has 0 radical (unpaired) electrons. The van der Waals surface area contributed by atoms with Crippen molar-refractivity contribution in [2.24, 2.45) is 5.41 Å². The van der Waals surface area contributed by atoms with Crippen molar-refractivity contribution < 1.29 is 47.7 Å². The molecule has 3 aromatic rings. The molecule has 0 aliphatic rings. The average molecular weight is 885 g/mol. The molecule has 0 aliphatic heterocycles. The summed E-state index contributed by atoms with van der Waals surface area (Å²) in [5.41, 5.74) is 0.624. The summed E-state index contributed by atoms with van der Waals surface area (Å²) in [7, 11) is -1.58. The summed E-state index contributed by atoms with van der Waals surface area (Å²) in [6, 6.07) is 12.2. The van der Waals surface area contributed by atoms with Crippen LogP contribution in [-0.2, 0) is 30.5 Å². The van der Waals surface area contributed by atoms with Gasteiger partial charge in [0.15, 0.2) is 0 Å². The zero-order valence-corrected chi connectivity index (χ0v) is 38.6. The van der Waals surface area contributed by atoms with Crippen molar-refractivity contribution in [3.05, 3.63) is 83.7 Å². The van der Waals surface area contributed by atoms with Crippen LogP contribution in [0.3, 0.4) is 0 Å². The fourth-order valence-corrected chi connectivity index (χ4v) is 7.66. The normalized spacial score (nSPS) is 13.4. The molecule has 0 bridgehead atoms. The maximum Gasteiger partial charge on any atom is 0.407 e. The van der Waals surface area contributed by atoms with Gasteiger partial charge in [0.25, 0.3) is 0 Å². The number of aliphatic hydroxyl groups excluding tert-OH is 1. The quantitative estimate of drug-likeness (QED) is 0.0514. The van der Waals surface area contributed by atoms with Crippen molar-refractivity contribution in [3.63, 3.8) is 0 Å². The molecule has 0 saturated carbocycles. The Morgan fingerprint density at radius 2 is 1.50 bits per heavy atom.